The SMILES string of the molecule is C[C@@H](N[C@H](C(=O)NC1CC1)c1ccc(F)cc1)c1cccc(Cl)c1. The number of rotatable bonds is 6. The van der Waals surface area contributed by atoms with Crippen LogP contribution in [0.3, 0.4) is 0 Å². The van der Waals surface area contributed by atoms with Gasteiger partial charge in [0, 0.05) is 17.1 Å². The average molecular weight is 347 g/mol. The van der Waals surface area contributed by atoms with Crippen LogP contribution in [-0.2, 0) is 4.79 Å². The zero-order valence-corrected chi connectivity index (χ0v) is 14.2. The van der Waals surface area contributed by atoms with Gasteiger partial charge in [0.15, 0.2) is 0 Å². The summed E-state index contributed by atoms with van der Waals surface area (Å²) in [4.78, 5) is 12.6. The Kier molecular flexibility index (Phi) is 5.17. The topological polar surface area (TPSA) is 41.1 Å². The summed E-state index contributed by atoms with van der Waals surface area (Å²) in [5.74, 6) is -0.402. The van der Waals surface area contributed by atoms with Crippen LogP contribution in [0.2, 0.25) is 5.02 Å². The third-order valence-corrected chi connectivity index (χ3v) is 4.39. The molecule has 0 saturated heterocycles. The fourth-order valence-electron chi connectivity index (χ4n) is 2.61. The molecule has 1 fully saturated rings. The van der Waals surface area contributed by atoms with E-state index >= 15 is 0 Å². The van der Waals surface area contributed by atoms with Crippen LogP contribution in [-0.4, -0.2) is 11.9 Å². The predicted molar refractivity (Wildman–Crippen MR) is 93.3 cm³/mol. The highest BCUT2D eigenvalue weighted by Gasteiger charge is 2.29. The van der Waals surface area contributed by atoms with E-state index in [1.165, 1.54) is 12.1 Å². The molecule has 5 heteroatoms. The summed E-state index contributed by atoms with van der Waals surface area (Å²) >= 11 is 6.05. The van der Waals surface area contributed by atoms with Gasteiger partial charge >= 0.3 is 0 Å². The second-order valence-corrected chi connectivity index (χ2v) is 6.65. The quantitative estimate of drug-likeness (QED) is 0.825. The van der Waals surface area contributed by atoms with Crippen LogP contribution in [0.1, 0.15) is 43.0 Å². The van der Waals surface area contributed by atoms with E-state index < -0.39 is 6.04 Å². The summed E-state index contributed by atoms with van der Waals surface area (Å²) in [7, 11) is 0. The molecular formula is C19H20ClFN2O. The molecule has 3 rings (SSSR count). The molecule has 1 saturated carbocycles. The normalized spacial score (nSPS) is 16.5. The van der Waals surface area contributed by atoms with Gasteiger partial charge in [0.1, 0.15) is 11.9 Å². The van der Waals surface area contributed by atoms with Crippen LogP contribution in [0.15, 0.2) is 48.5 Å². The van der Waals surface area contributed by atoms with E-state index in [1.54, 1.807) is 12.1 Å². The monoisotopic (exact) mass is 346 g/mol. The molecule has 0 heterocycles. The lowest BCUT2D eigenvalue weighted by atomic mass is 10.0. The van der Waals surface area contributed by atoms with Crippen LogP contribution in [0.5, 0.6) is 0 Å². The van der Waals surface area contributed by atoms with Crippen LogP contribution in [0.4, 0.5) is 4.39 Å². The van der Waals surface area contributed by atoms with E-state index in [0.29, 0.717) is 5.02 Å². The predicted octanol–water partition coefficient (Wildman–Crippen LogP) is 4.15. The van der Waals surface area contributed by atoms with E-state index in [1.807, 2.05) is 31.2 Å². The van der Waals surface area contributed by atoms with Crippen LogP contribution < -0.4 is 10.6 Å². The minimum absolute atomic E-state index is 0.0799. The average Bonchev–Trinajstić information content (AvgIpc) is 3.37. The van der Waals surface area contributed by atoms with Crippen LogP contribution in [0, 0.1) is 5.82 Å². The number of carbonyl (C=O) groups is 1. The Hall–Kier alpha value is -1.91. The van der Waals surface area contributed by atoms with Gasteiger partial charge in [0.2, 0.25) is 5.91 Å². The second-order valence-electron chi connectivity index (χ2n) is 6.21. The van der Waals surface area contributed by atoms with Gasteiger partial charge in [-0.05, 0) is 55.2 Å². The van der Waals surface area contributed by atoms with Gasteiger partial charge in [0.25, 0.3) is 0 Å². The molecule has 1 amide bonds. The van der Waals surface area contributed by atoms with Gasteiger partial charge in [-0.2, -0.15) is 0 Å². The van der Waals surface area contributed by atoms with Crippen molar-refractivity contribution in [2.24, 2.45) is 0 Å². The molecule has 0 spiro atoms. The lowest BCUT2D eigenvalue weighted by Gasteiger charge is -2.24. The van der Waals surface area contributed by atoms with Crippen LogP contribution >= 0.6 is 11.6 Å². The summed E-state index contributed by atoms with van der Waals surface area (Å²) in [6, 6.07) is 13.2. The standard InChI is InChI=1S/C19H20ClFN2O/c1-12(14-3-2-4-15(20)11-14)22-18(19(24)23-17-9-10-17)13-5-7-16(21)8-6-13/h2-8,11-12,17-18,22H,9-10H2,1H3,(H,23,24)/t12-,18+/m1/s1. The second kappa shape index (κ2) is 7.32. The van der Waals surface area contributed by atoms with Crippen molar-refractivity contribution in [3.8, 4) is 0 Å². The molecule has 2 aromatic carbocycles. The first-order valence-corrected chi connectivity index (χ1v) is 8.48. The largest absolute Gasteiger partial charge is 0.352 e. The highest BCUT2D eigenvalue weighted by atomic mass is 35.5. The Morgan fingerprint density at radius 1 is 1.17 bits per heavy atom. The van der Waals surface area contributed by atoms with Crippen molar-refractivity contribution in [1.29, 1.82) is 0 Å². The lowest BCUT2D eigenvalue weighted by molar-refractivity contribution is -0.123. The number of benzene rings is 2. The molecular weight excluding hydrogens is 327 g/mol. The molecule has 24 heavy (non-hydrogen) atoms. The first-order valence-electron chi connectivity index (χ1n) is 8.10. The van der Waals surface area contributed by atoms with Crippen LogP contribution in [0.25, 0.3) is 0 Å². The third-order valence-electron chi connectivity index (χ3n) is 4.15. The van der Waals surface area contributed by atoms with E-state index in [0.717, 1.165) is 24.0 Å². The van der Waals surface area contributed by atoms with Crippen molar-refractivity contribution in [3.05, 3.63) is 70.5 Å². The Labute approximate surface area is 146 Å². The Balaban J connectivity index is 1.80. The van der Waals surface area contributed by atoms with Crippen molar-refractivity contribution in [2.75, 3.05) is 0 Å². The molecule has 3 nitrogen and oxygen atoms in total. The Morgan fingerprint density at radius 2 is 1.88 bits per heavy atom. The van der Waals surface area contributed by atoms with Crippen molar-refractivity contribution in [1.82, 2.24) is 10.6 Å². The molecule has 2 N–H and O–H groups in total. The number of halogens is 2. The molecule has 0 aliphatic heterocycles. The molecule has 1 aliphatic rings. The number of hydrogen-bond acceptors (Lipinski definition) is 2. The van der Waals surface area contributed by atoms with Gasteiger partial charge in [-0.25, -0.2) is 4.39 Å². The molecule has 0 bridgehead atoms. The highest BCUT2D eigenvalue weighted by molar-refractivity contribution is 6.30. The van der Waals surface area contributed by atoms with Crippen molar-refractivity contribution >= 4 is 17.5 Å². The maximum absolute atomic E-state index is 13.2. The van der Waals surface area contributed by atoms with Crippen molar-refractivity contribution in [2.45, 2.75) is 37.9 Å². The molecule has 126 valence electrons. The number of amides is 1. The number of nitrogens with one attached hydrogen (secondary N) is 2. The van der Waals surface area contributed by atoms with Crippen molar-refractivity contribution in [3.63, 3.8) is 0 Å². The summed E-state index contributed by atoms with van der Waals surface area (Å²) in [5.41, 5.74) is 1.73. The van der Waals surface area contributed by atoms with Gasteiger partial charge in [-0.3, -0.25) is 10.1 Å². The number of hydrogen-bond donors (Lipinski definition) is 2. The first-order chi connectivity index (χ1) is 11.5. The van der Waals surface area contributed by atoms with Gasteiger partial charge < -0.3 is 5.32 Å². The molecule has 2 atom stereocenters. The van der Waals surface area contributed by atoms with E-state index in [-0.39, 0.29) is 23.8 Å². The molecule has 2 aromatic rings. The number of carbonyl (C=O) groups excluding carboxylic acids is 1. The van der Waals surface area contributed by atoms with E-state index in [9.17, 15) is 9.18 Å². The minimum Gasteiger partial charge on any atom is -0.352 e. The zero-order chi connectivity index (χ0) is 17.1. The molecule has 0 unspecified atom stereocenters. The zero-order valence-electron chi connectivity index (χ0n) is 13.4. The third kappa shape index (κ3) is 4.34. The maximum atomic E-state index is 13.2. The maximum Gasteiger partial charge on any atom is 0.241 e. The summed E-state index contributed by atoms with van der Waals surface area (Å²) in [6.45, 7) is 1.98. The summed E-state index contributed by atoms with van der Waals surface area (Å²) in [6.07, 6.45) is 2.04. The van der Waals surface area contributed by atoms with E-state index in [2.05, 4.69) is 10.6 Å². The summed E-state index contributed by atoms with van der Waals surface area (Å²) in [5, 5.41) is 7.00. The molecule has 1 aliphatic carbocycles. The molecule has 0 aromatic heterocycles. The van der Waals surface area contributed by atoms with E-state index in [4.69, 9.17) is 11.6 Å². The Morgan fingerprint density at radius 3 is 2.50 bits per heavy atom. The van der Waals surface area contributed by atoms with Gasteiger partial charge in [0.05, 0.1) is 0 Å². The molecule has 0 radical (unpaired) electrons. The minimum atomic E-state index is -0.541. The fraction of sp³-hybridized carbons (Fsp3) is 0.316. The van der Waals surface area contributed by atoms with Gasteiger partial charge in [-0.15, -0.1) is 0 Å². The first kappa shape index (κ1) is 16.9. The highest BCUT2D eigenvalue weighted by Crippen LogP contribution is 2.25. The smallest absolute Gasteiger partial charge is 0.241 e. The lowest BCUT2D eigenvalue weighted by Crippen LogP contribution is -2.39. The van der Waals surface area contributed by atoms with Crippen molar-refractivity contribution < 1.29 is 9.18 Å². The fourth-order valence-corrected chi connectivity index (χ4v) is 2.81. The Bertz CT molecular complexity index is 716. The van der Waals surface area contributed by atoms with Gasteiger partial charge in [-0.1, -0.05) is 35.9 Å². The summed E-state index contributed by atoms with van der Waals surface area (Å²) < 4.78 is 13.2.